The maximum absolute atomic E-state index is 9.73. The Morgan fingerprint density at radius 3 is 2.35 bits per heavy atom. The molecule has 2 rings (SSSR count). The van der Waals surface area contributed by atoms with Crippen LogP contribution in [0.1, 0.15) is 63.9 Å². The molecule has 1 atom stereocenters. The molecule has 0 aromatic heterocycles. The van der Waals surface area contributed by atoms with E-state index < -0.39 is 0 Å². The molecule has 1 aliphatic carbocycles. The van der Waals surface area contributed by atoms with Crippen LogP contribution in [0.4, 0.5) is 5.69 Å². The van der Waals surface area contributed by atoms with Crippen LogP contribution >= 0.6 is 0 Å². The fraction of sp³-hybridized carbons (Fsp3) is 0.667. The summed E-state index contributed by atoms with van der Waals surface area (Å²) in [5.41, 5.74) is 2.69. The molecule has 112 valence electrons. The molecule has 0 bridgehead atoms. The highest BCUT2D eigenvalue weighted by molar-refractivity contribution is 5.45. The zero-order valence-electron chi connectivity index (χ0n) is 13.0. The number of aliphatic hydroxyl groups excluding tert-OH is 1. The van der Waals surface area contributed by atoms with E-state index in [2.05, 4.69) is 43.4 Å². The van der Waals surface area contributed by atoms with E-state index in [0.29, 0.717) is 12.5 Å². The van der Waals surface area contributed by atoms with E-state index in [1.54, 1.807) is 0 Å². The lowest BCUT2D eigenvalue weighted by Gasteiger charge is -2.36. The van der Waals surface area contributed by atoms with Gasteiger partial charge in [0, 0.05) is 17.6 Å². The van der Waals surface area contributed by atoms with Gasteiger partial charge < -0.3 is 10.4 Å². The maximum Gasteiger partial charge on any atom is 0.0504 e. The monoisotopic (exact) mass is 275 g/mol. The Balaban J connectivity index is 1.92. The summed E-state index contributed by atoms with van der Waals surface area (Å²) < 4.78 is 0. The van der Waals surface area contributed by atoms with Gasteiger partial charge in [-0.1, -0.05) is 45.2 Å². The zero-order chi connectivity index (χ0) is 14.4. The SMILES string of the molecule is CCC(C)c1ccc(NCC2(CO)CCCCC2)cc1. The van der Waals surface area contributed by atoms with Gasteiger partial charge in [-0.15, -0.1) is 0 Å². The summed E-state index contributed by atoms with van der Waals surface area (Å²) in [6, 6.07) is 8.80. The standard InChI is InChI=1S/C18H29NO/c1-3-15(2)16-7-9-17(10-8-16)19-13-18(14-20)11-5-4-6-12-18/h7-10,15,19-20H,3-6,11-14H2,1-2H3. The van der Waals surface area contributed by atoms with Crippen LogP contribution in [0.5, 0.6) is 0 Å². The fourth-order valence-electron chi connectivity index (χ4n) is 3.15. The normalized spacial score (nSPS) is 19.6. The van der Waals surface area contributed by atoms with Gasteiger partial charge in [0.2, 0.25) is 0 Å². The summed E-state index contributed by atoms with van der Waals surface area (Å²) in [6.07, 6.45) is 7.33. The molecule has 1 aliphatic rings. The quantitative estimate of drug-likeness (QED) is 0.798. The van der Waals surface area contributed by atoms with E-state index in [-0.39, 0.29) is 5.41 Å². The molecule has 0 saturated heterocycles. The third-order valence-electron chi connectivity index (χ3n) is 5.01. The van der Waals surface area contributed by atoms with Crippen molar-refractivity contribution in [2.75, 3.05) is 18.5 Å². The van der Waals surface area contributed by atoms with E-state index >= 15 is 0 Å². The molecule has 0 spiro atoms. The summed E-state index contributed by atoms with van der Waals surface area (Å²) in [4.78, 5) is 0. The Hall–Kier alpha value is -1.02. The first-order valence-corrected chi connectivity index (χ1v) is 8.14. The smallest absolute Gasteiger partial charge is 0.0504 e. The van der Waals surface area contributed by atoms with Gasteiger partial charge in [-0.05, 0) is 42.9 Å². The number of hydrogen-bond donors (Lipinski definition) is 2. The lowest BCUT2D eigenvalue weighted by molar-refractivity contribution is 0.0944. The van der Waals surface area contributed by atoms with Crippen LogP contribution in [0, 0.1) is 5.41 Å². The molecule has 2 nitrogen and oxygen atoms in total. The molecule has 1 aromatic rings. The van der Waals surface area contributed by atoms with Crippen LogP contribution in [0.25, 0.3) is 0 Å². The first kappa shape index (κ1) is 15.4. The number of anilines is 1. The maximum atomic E-state index is 9.73. The van der Waals surface area contributed by atoms with E-state index in [4.69, 9.17) is 0 Å². The van der Waals surface area contributed by atoms with Gasteiger partial charge in [-0.3, -0.25) is 0 Å². The molecular weight excluding hydrogens is 246 g/mol. The van der Waals surface area contributed by atoms with Crippen LogP contribution in [0.15, 0.2) is 24.3 Å². The highest BCUT2D eigenvalue weighted by atomic mass is 16.3. The van der Waals surface area contributed by atoms with Crippen molar-refractivity contribution < 1.29 is 5.11 Å². The van der Waals surface area contributed by atoms with Gasteiger partial charge in [0.25, 0.3) is 0 Å². The minimum absolute atomic E-state index is 0.105. The first-order chi connectivity index (χ1) is 9.69. The van der Waals surface area contributed by atoms with Crippen molar-refractivity contribution in [1.82, 2.24) is 0 Å². The molecule has 1 saturated carbocycles. The minimum Gasteiger partial charge on any atom is -0.396 e. The molecule has 2 heteroatoms. The second-order valence-electron chi connectivity index (χ2n) is 6.50. The van der Waals surface area contributed by atoms with Crippen molar-refractivity contribution in [3.63, 3.8) is 0 Å². The number of rotatable bonds is 6. The number of hydrogen-bond acceptors (Lipinski definition) is 2. The van der Waals surface area contributed by atoms with E-state index in [1.807, 2.05) is 0 Å². The minimum atomic E-state index is 0.105. The Morgan fingerprint density at radius 2 is 1.80 bits per heavy atom. The first-order valence-electron chi connectivity index (χ1n) is 8.14. The van der Waals surface area contributed by atoms with Crippen LogP contribution in [-0.4, -0.2) is 18.3 Å². The fourth-order valence-corrected chi connectivity index (χ4v) is 3.15. The lowest BCUT2D eigenvalue weighted by atomic mass is 9.74. The molecule has 2 N–H and O–H groups in total. The summed E-state index contributed by atoms with van der Waals surface area (Å²) in [5.74, 6) is 0.631. The highest BCUT2D eigenvalue weighted by Gasteiger charge is 2.30. The van der Waals surface area contributed by atoms with Crippen LogP contribution in [0.3, 0.4) is 0 Å². The van der Waals surface area contributed by atoms with Gasteiger partial charge in [-0.25, -0.2) is 0 Å². The molecular formula is C18H29NO. The number of nitrogens with one attached hydrogen (secondary N) is 1. The Morgan fingerprint density at radius 1 is 1.15 bits per heavy atom. The van der Waals surface area contributed by atoms with Gasteiger partial charge >= 0.3 is 0 Å². The van der Waals surface area contributed by atoms with Crippen molar-refractivity contribution in [2.24, 2.45) is 5.41 Å². The second kappa shape index (κ2) is 7.12. The summed E-state index contributed by atoms with van der Waals surface area (Å²) in [5, 5.41) is 13.3. The molecule has 1 fully saturated rings. The summed E-state index contributed by atoms with van der Waals surface area (Å²) in [7, 11) is 0. The Labute approximate surface area is 123 Å². The van der Waals surface area contributed by atoms with Crippen LogP contribution in [0.2, 0.25) is 0 Å². The molecule has 0 heterocycles. The second-order valence-corrected chi connectivity index (χ2v) is 6.50. The lowest BCUT2D eigenvalue weighted by Crippen LogP contribution is -2.35. The Kier molecular flexibility index (Phi) is 5.47. The number of aliphatic hydroxyl groups is 1. The van der Waals surface area contributed by atoms with Gasteiger partial charge in [0.1, 0.15) is 0 Å². The van der Waals surface area contributed by atoms with Gasteiger partial charge in [-0.2, -0.15) is 0 Å². The van der Waals surface area contributed by atoms with Crippen molar-refractivity contribution in [1.29, 1.82) is 0 Å². The van der Waals surface area contributed by atoms with Gasteiger partial charge in [0.15, 0.2) is 0 Å². The topological polar surface area (TPSA) is 32.3 Å². The molecule has 1 unspecified atom stereocenters. The highest BCUT2D eigenvalue weighted by Crippen LogP contribution is 2.36. The van der Waals surface area contributed by atoms with E-state index in [1.165, 1.54) is 36.9 Å². The predicted octanol–water partition coefficient (Wildman–Crippen LogP) is 4.55. The molecule has 1 aromatic carbocycles. The Bertz CT molecular complexity index is 392. The molecule has 0 amide bonds. The van der Waals surface area contributed by atoms with Crippen LogP contribution < -0.4 is 5.32 Å². The van der Waals surface area contributed by atoms with Crippen molar-refractivity contribution in [3.05, 3.63) is 29.8 Å². The molecule has 20 heavy (non-hydrogen) atoms. The van der Waals surface area contributed by atoms with Crippen molar-refractivity contribution in [3.8, 4) is 0 Å². The average molecular weight is 275 g/mol. The van der Waals surface area contributed by atoms with Gasteiger partial charge in [0.05, 0.1) is 6.61 Å². The zero-order valence-corrected chi connectivity index (χ0v) is 13.0. The van der Waals surface area contributed by atoms with E-state index in [0.717, 1.165) is 19.4 Å². The largest absolute Gasteiger partial charge is 0.396 e. The molecule has 0 aliphatic heterocycles. The predicted molar refractivity (Wildman–Crippen MR) is 86.2 cm³/mol. The summed E-state index contributed by atoms with van der Waals surface area (Å²) in [6.45, 7) is 5.70. The average Bonchev–Trinajstić information content (AvgIpc) is 2.53. The van der Waals surface area contributed by atoms with Crippen molar-refractivity contribution >= 4 is 5.69 Å². The van der Waals surface area contributed by atoms with Crippen molar-refractivity contribution in [2.45, 2.75) is 58.3 Å². The third kappa shape index (κ3) is 3.76. The number of benzene rings is 1. The van der Waals surface area contributed by atoms with E-state index in [9.17, 15) is 5.11 Å². The third-order valence-corrected chi connectivity index (χ3v) is 5.01. The summed E-state index contributed by atoms with van der Waals surface area (Å²) >= 11 is 0. The van der Waals surface area contributed by atoms with Crippen LogP contribution in [-0.2, 0) is 0 Å². The molecule has 0 radical (unpaired) electrons.